The maximum absolute atomic E-state index is 14.1. The van der Waals surface area contributed by atoms with E-state index in [-0.39, 0.29) is 5.69 Å². The van der Waals surface area contributed by atoms with Gasteiger partial charge in [0.15, 0.2) is 11.0 Å². The Bertz CT molecular complexity index is 1690. The van der Waals surface area contributed by atoms with Gasteiger partial charge in [-0.05, 0) is 54.6 Å². The zero-order valence-electron chi connectivity index (χ0n) is 19.4. The van der Waals surface area contributed by atoms with E-state index in [1.807, 2.05) is 42.5 Å². The molecule has 6 rings (SSSR count). The molecule has 0 radical (unpaired) electrons. The van der Waals surface area contributed by atoms with Crippen molar-refractivity contribution >= 4 is 30.7 Å². The lowest BCUT2D eigenvalue weighted by Crippen LogP contribution is -2.14. The van der Waals surface area contributed by atoms with Crippen molar-refractivity contribution in [3.05, 3.63) is 88.9 Å². The van der Waals surface area contributed by atoms with E-state index in [1.165, 1.54) is 0 Å². The van der Waals surface area contributed by atoms with Crippen LogP contribution in [-0.4, -0.2) is 26.1 Å². The second-order valence-electron chi connectivity index (χ2n) is 8.22. The molecule has 4 heterocycles. The van der Waals surface area contributed by atoms with Crippen LogP contribution in [0.1, 0.15) is 5.69 Å². The molecule has 0 atom stereocenters. The lowest BCUT2D eigenvalue weighted by molar-refractivity contribution is 0.414. The molecule has 5 aromatic rings. The van der Waals surface area contributed by atoms with Crippen molar-refractivity contribution in [1.29, 1.82) is 0 Å². The molecule has 0 bridgehead atoms. The molecule has 1 aliphatic heterocycles. The van der Waals surface area contributed by atoms with Crippen LogP contribution in [0.3, 0.4) is 0 Å². The van der Waals surface area contributed by atoms with Crippen molar-refractivity contribution in [2.45, 2.75) is 0 Å². The van der Waals surface area contributed by atoms with Crippen LogP contribution in [0.25, 0.3) is 45.9 Å². The predicted octanol–water partition coefficient (Wildman–Crippen LogP) is 5.41. The molecule has 1 aliphatic rings. The third-order valence-corrected chi connectivity index (χ3v) is 6.07. The summed E-state index contributed by atoms with van der Waals surface area (Å²) in [5.74, 6) is 2.62. The number of methoxy groups -OCH3 is 2. The van der Waals surface area contributed by atoms with Crippen LogP contribution in [0.15, 0.2) is 86.3 Å². The van der Waals surface area contributed by atoms with E-state index in [2.05, 4.69) is 4.99 Å². The molecule has 9 heteroatoms. The highest BCUT2D eigenvalue weighted by Crippen LogP contribution is 2.32. The van der Waals surface area contributed by atoms with Crippen molar-refractivity contribution in [2.24, 2.45) is 4.99 Å². The number of fused-ring (bicyclic) bond motifs is 2. The monoisotopic (exact) mass is 484 g/mol. The summed E-state index contributed by atoms with van der Waals surface area (Å²) in [4.78, 5) is 4.55. The van der Waals surface area contributed by atoms with Gasteiger partial charge in [-0.3, -0.25) is 8.63 Å². The van der Waals surface area contributed by atoms with E-state index >= 15 is 0 Å². The van der Waals surface area contributed by atoms with Crippen molar-refractivity contribution < 1.29 is 26.9 Å². The number of rotatable bonds is 6. The Morgan fingerprint density at radius 2 is 1.44 bits per heavy atom. The fourth-order valence-electron chi connectivity index (χ4n) is 4.27. The van der Waals surface area contributed by atoms with Crippen LogP contribution in [0, 0.1) is 0 Å². The van der Waals surface area contributed by atoms with E-state index in [0.29, 0.717) is 44.8 Å². The van der Waals surface area contributed by atoms with Gasteiger partial charge in [-0.2, -0.15) is 0 Å². The van der Waals surface area contributed by atoms with Gasteiger partial charge in [0, 0.05) is 41.1 Å². The normalized spacial score (nSPS) is 13.5. The van der Waals surface area contributed by atoms with E-state index in [4.69, 9.17) is 18.3 Å². The number of halogens is 2. The highest BCUT2D eigenvalue weighted by atomic mass is 19.2. The molecule has 0 N–H and O–H groups in total. The minimum Gasteiger partial charge on any atom is -0.497 e. The van der Waals surface area contributed by atoms with Gasteiger partial charge in [0.05, 0.1) is 25.4 Å². The highest BCUT2D eigenvalue weighted by molar-refractivity contribution is 6.43. The van der Waals surface area contributed by atoms with Crippen molar-refractivity contribution in [1.82, 2.24) is 4.48 Å². The third-order valence-electron chi connectivity index (χ3n) is 6.07. The smallest absolute Gasteiger partial charge is 0.497 e. The Morgan fingerprint density at radius 1 is 0.833 bits per heavy atom. The second kappa shape index (κ2) is 8.60. The van der Waals surface area contributed by atoms with Gasteiger partial charge in [-0.1, -0.05) is 0 Å². The van der Waals surface area contributed by atoms with Crippen molar-refractivity contribution in [2.75, 3.05) is 14.2 Å². The Labute approximate surface area is 204 Å². The average Bonchev–Trinajstić information content (AvgIpc) is 3.63. The van der Waals surface area contributed by atoms with Crippen molar-refractivity contribution in [3.8, 4) is 34.1 Å². The maximum atomic E-state index is 14.1. The minimum atomic E-state index is -2.75. The summed E-state index contributed by atoms with van der Waals surface area (Å²) in [6, 6.07) is 19.8. The van der Waals surface area contributed by atoms with Crippen LogP contribution in [-0.2, 0) is 0 Å². The number of hydrogen-bond donors (Lipinski definition) is 0. The van der Waals surface area contributed by atoms with E-state index in [9.17, 15) is 8.63 Å². The molecule has 6 nitrogen and oxygen atoms in total. The largest absolute Gasteiger partial charge is 0.678 e. The molecular formula is C27H19BF2N2O4. The van der Waals surface area contributed by atoms with E-state index < -0.39 is 7.40 Å². The van der Waals surface area contributed by atoms with Gasteiger partial charge >= 0.3 is 7.40 Å². The maximum Gasteiger partial charge on any atom is 0.678 e. The van der Waals surface area contributed by atoms with Crippen LogP contribution in [0.5, 0.6) is 11.5 Å². The van der Waals surface area contributed by atoms with Gasteiger partial charge < -0.3 is 22.8 Å². The van der Waals surface area contributed by atoms with Crippen LogP contribution < -0.4 is 20.2 Å². The molecule has 0 saturated heterocycles. The molecule has 3 aromatic heterocycles. The molecule has 0 saturated carbocycles. The second-order valence-corrected chi connectivity index (χ2v) is 8.22. The minimum absolute atomic E-state index is 0.288. The van der Waals surface area contributed by atoms with E-state index in [0.717, 1.165) is 21.4 Å². The molecule has 178 valence electrons. The molecule has 0 spiro atoms. The SMILES string of the molecule is COc1ccc(-c2cc3c(o2)=C/C(=C/c2cc4oc(-c5ccc(OC)cc5)cc4n2B(F)F)N=3)cc1. The molecule has 0 amide bonds. The van der Waals surface area contributed by atoms with Gasteiger partial charge in [0.1, 0.15) is 28.4 Å². The number of allylic oxidation sites excluding steroid dienone is 1. The van der Waals surface area contributed by atoms with Crippen LogP contribution in [0.2, 0.25) is 0 Å². The molecule has 0 unspecified atom stereocenters. The Balaban J connectivity index is 1.33. The fourth-order valence-corrected chi connectivity index (χ4v) is 4.27. The standard InChI is InChI=1S/C27H19BF2N2O4/c1-33-20-7-3-16(4-8-20)24-14-22-26(35-24)12-18(31-22)11-19-13-27-23(32(19)28(29)30)15-25(36-27)17-5-9-21(34-2)10-6-17/h3-15H,1-2H3/b18-11-. The van der Waals surface area contributed by atoms with Gasteiger partial charge in [-0.15, -0.1) is 0 Å². The molecule has 2 aromatic carbocycles. The first kappa shape index (κ1) is 22.0. The molecule has 0 fully saturated rings. The zero-order chi connectivity index (χ0) is 24.8. The van der Waals surface area contributed by atoms with Crippen molar-refractivity contribution in [3.63, 3.8) is 0 Å². The Kier molecular flexibility index (Phi) is 5.25. The lowest BCUT2D eigenvalue weighted by atomic mass is 10.1. The number of nitrogens with zero attached hydrogens (tertiary/aromatic N) is 2. The summed E-state index contributed by atoms with van der Waals surface area (Å²) in [5.41, 5.74) is 3.71. The quantitative estimate of drug-likeness (QED) is 0.303. The molecular weight excluding hydrogens is 465 g/mol. The number of furan rings is 2. The zero-order valence-corrected chi connectivity index (χ0v) is 19.4. The fraction of sp³-hybridized carbons (Fsp3) is 0.0741. The van der Waals surface area contributed by atoms with Gasteiger partial charge in [0.2, 0.25) is 0 Å². The number of ether oxygens (including phenoxy) is 2. The summed E-state index contributed by atoms with van der Waals surface area (Å²) in [6.45, 7) is 0. The first-order chi connectivity index (χ1) is 17.5. The predicted molar refractivity (Wildman–Crippen MR) is 133 cm³/mol. The van der Waals surface area contributed by atoms with Gasteiger partial charge in [-0.25, -0.2) is 4.99 Å². The third kappa shape index (κ3) is 3.78. The average molecular weight is 484 g/mol. The van der Waals surface area contributed by atoms with Gasteiger partial charge in [0.25, 0.3) is 0 Å². The number of benzene rings is 2. The first-order valence-corrected chi connectivity index (χ1v) is 11.2. The Morgan fingerprint density at radius 3 is 2.00 bits per heavy atom. The first-order valence-electron chi connectivity index (χ1n) is 11.2. The number of hydrogen-bond acceptors (Lipinski definition) is 5. The van der Waals surface area contributed by atoms with Crippen LogP contribution in [0.4, 0.5) is 8.63 Å². The molecule has 36 heavy (non-hydrogen) atoms. The number of aromatic nitrogens is 1. The molecule has 0 aliphatic carbocycles. The summed E-state index contributed by atoms with van der Waals surface area (Å²) >= 11 is 0. The van der Waals surface area contributed by atoms with Crippen LogP contribution >= 0.6 is 0 Å². The summed E-state index contributed by atoms with van der Waals surface area (Å²) in [6.07, 6.45) is 3.33. The Hall–Kier alpha value is -4.53. The summed E-state index contributed by atoms with van der Waals surface area (Å²) in [5, 5.41) is 0.646. The van der Waals surface area contributed by atoms with E-state index in [1.54, 1.807) is 50.6 Å². The summed E-state index contributed by atoms with van der Waals surface area (Å²) < 4.78 is 51.3. The topological polar surface area (TPSA) is 62.0 Å². The summed E-state index contributed by atoms with van der Waals surface area (Å²) in [7, 11) is 0.437. The highest BCUT2D eigenvalue weighted by Gasteiger charge is 2.25. The lowest BCUT2D eigenvalue weighted by Gasteiger charge is -2.03.